The molecule has 0 saturated carbocycles. The van der Waals surface area contributed by atoms with Crippen molar-refractivity contribution in [3.05, 3.63) is 46.1 Å². The summed E-state index contributed by atoms with van der Waals surface area (Å²) in [6, 6.07) is 7.15. The van der Waals surface area contributed by atoms with Gasteiger partial charge in [-0.1, -0.05) is 15.9 Å². The van der Waals surface area contributed by atoms with Crippen LogP contribution in [-0.2, 0) is 0 Å². The molecule has 0 radical (unpaired) electrons. The van der Waals surface area contributed by atoms with Crippen LogP contribution in [0.25, 0.3) is 0 Å². The molecule has 1 aromatic heterocycles. The molecule has 16 heavy (non-hydrogen) atoms. The molecule has 5 heteroatoms. The van der Waals surface area contributed by atoms with Crippen LogP contribution in [0.5, 0.6) is 0 Å². The number of hydrogen-bond donors (Lipinski definition) is 2. The third-order valence-electron chi connectivity index (χ3n) is 2.17. The van der Waals surface area contributed by atoms with E-state index in [1.807, 2.05) is 19.1 Å². The number of H-pyrrole nitrogens is 1. The van der Waals surface area contributed by atoms with E-state index in [1.54, 1.807) is 18.3 Å². The molecule has 0 unspecified atom stereocenters. The second-order valence-electron chi connectivity index (χ2n) is 3.39. The first-order valence-electron chi connectivity index (χ1n) is 4.73. The number of hydrogen-bond acceptors (Lipinski definition) is 2. The zero-order chi connectivity index (χ0) is 11.5. The van der Waals surface area contributed by atoms with Gasteiger partial charge in [0.15, 0.2) is 0 Å². The Labute approximate surface area is 101 Å². The van der Waals surface area contributed by atoms with Crippen molar-refractivity contribution >= 4 is 27.7 Å². The zero-order valence-electron chi connectivity index (χ0n) is 8.62. The molecule has 2 aromatic rings. The lowest BCUT2D eigenvalue weighted by Gasteiger charge is -2.04. The molecule has 0 spiro atoms. The minimum atomic E-state index is -0.153. The molecule has 0 aliphatic rings. The first kappa shape index (κ1) is 10.9. The van der Waals surface area contributed by atoms with Crippen molar-refractivity contribution < 1.29 is 4.79 Å². The fraction of sp³-hybridized carbons (Fsp3) is 0.0909. The minimum Gasteiger partial charge on any atom is -0.307 e. The quantitative estimate of drug-likeness (QED) is 0.888. The molecule has 2 N–H and O–H groups in total. The van der Waals surface area contributed by atoms with E-state index >= 15 is 0 Å². The lowest BCUT2D eigenvalue weighted by molar-refractivity contribution is 0.102. The van der Waals surface area contributed by atoms with E-state index < -0.39 is 0 Å². The molecule has 0 aliphatic heterocycles. The Hall–Kier alpha value is -1.62. The summed E-state index contributed by atoms with van der Waals surface area (Å²) in [5, 5.41) is 9.14. The summed E-state index contributed by atoms with van der Waals surface area (Å²) in [4.78, 5) is 11.8. The van der Waals surface area contributed by atoms with E-state index in [2.05, 4.69) is 31.4 Å². The Morgan fingerprint density at radius 1 is 1.44 bits per heavy atom. The summed E-state index contributed by atoms with van der Waals surface area (Å²) in [5.74, 6) is 0.436. The minimum absolute atomic E-state index is 0.153. The van der Waals surface area contributed by atoms with Gasteiger partial charge in [-0.05, 0) is 30.7 Å². The smallest absolute Gasteiger partial charge is 0.256 e. The second kappa shape index (κ2) is 4.49. The molecule has 0 bridgehead atoms. The number of aromatic nitrogens is 2. The van der Waals surface area contributed by atoms with Crippen molar-refractivity contribution in [2.24, 2.45) is 0 Å². The van der Waals surface area contributed by atoms with Crippen molar-refractivity contribution in [1.29, 1.82) is 0 Å². The average molecular weight is 280 g/mol. The van der Waals surface area contributed by atoms with Crippen molar-refractivity contribution in [3.63, 3.8) is 0 Å². The highest BCUT2D eigenvalue weighted by Crippen LogP contribution is 2.17. The van der Waals surface area contributed by atoms with Crippen LogP contribution in [0.4, 0.5) is 5.82 Å². The molecular formula is C11H10BrN3O. The van der Waals surface area contributed by atoms with Gasteiger partial charge >= 0.3 is 0 Å². The van der Waals surface area contributed by atoms with E-state index in [0.717, 1.165) is 10.0 Å². The number of anilines is 1. The standard InChI is InChI=1S/C11H10BrN3O/c1-7-6-8(2-3-9(7)12)11(16)14-10-4-5-13-15-10/h2-6H,1H3,(H2,13,14,15,16). The number of aromatic amines is 1. The van der Waals surface area contributed by atoms with Crippen molar-refractivity contribution in [3.8, 4) is 0 Å². The predicted octanol–water partition coefficient (Wildman–Crippen LogP) is 2.73. The molecule has 0 saturated heterocycles. The fourth-order valence-corrected chi connectivity index (χ4v) is 1.55. The van der Waals surface area contributed by atoms with Crippen LogP contribution in [0.2, 0.25) is 0 Å². The van der Waals surface area contributed by atoms with Gasteiger partial charge in [0.2, 0.25) is 0 Å². The van der Waals surface area contributed by atoms with E-state index in [4.69, 9.17) is 0 Å². The molecule has 82 valence electrons. The molecule has 1 aromatic carbocycles. The van der Waals surface area contributed by atoms with E-state index in [1.165, 1.54) is 0 Å². The van der Waals surface area contributed by atoms with Gasteiger partial charge in [0.25, 0.3) is 5.91 Å². The third kappa shape index (κ3) is 2.30. The maximum Gasteiger partial charge on any atom is 0.256 e. The number of carbonyl (C=O) groups is 1. The summed E-state index contributed by atoms with van der Waals surface area (Å²) in [6.07, 6.45) is 1.59. The highest BCUT2D eigenvalue weighted by Gasteiger charge is 2.07. The van der Waals surface area contributed by atoms with Gasteiger partial charge in [0, 0.05) is 16.1 Å². The van der Waals surface area contributed by atoms with Gasteiger partial charge < -0.3 is 5.32 Å². The van der Waals surface area contributed by atoms with Gasteiger partial charge in [-0.25, -0.2) is 0 Å². The van der Waals surface area contributed by atoms with Crippen LogP contribution in [-0.4, -0.2) is 16.1 Å². The Balaban J connectivity index is 2.18. The molecule has 1 heterocycles. The highest BCUT2D eigenvalue weighted by atomic mass is 79.9. The maximum absolute atomic E-state index is 11.8. The Morgan fingerprint density at radius 3 is 2.88 bits per heavy atom. The SMILES string of the molecule is Cc1cc(C(=O)Nc2ccn[nH]2)ccc1Br. The molecule has 0 atom stereocenters. The van der Waals surface area contributed by atoms with Crippen LogP contribution >= 0.6 is 15.9 Å². The van der Waals surface area contributed by atoms with E-state index in [-0.39, 0.29) is 5.91 Å². The third-order valence-corrected chi connectivity index (χ3v) is 3.06. The monoisotopic (exact) mass is 279 g/mol. The average Bonchev–Trinajstić information content (AvgIpc) is 2.74. The summed E-state index contributed by atoms with van der Waals surface area (Å²) < 4.78 is 0.991. The number of carbonyl (C=O) groups excluding carboxylic acids is 1. The van der Waals surface area contributed by atoms with Crippen LogP contribution in [0.1, 0.15) is 15.9 Å². The fourth-order valence-electron chi connectivity index (χ4n) is 1.31. The van der Waals surface area contributed by atoms with Gasteiger partial charge in [-0.3, -0.25) is 9.89 Å². The van der Waals surface area contributed by atoms with Crippen molar-refractivity contribution in [2.45, 2.75) is 6.92 Å². The van der Waals surface area contributed by atoms with Crippen LogP contribution in [0.3, 0.4) is 0 Å². The largest absolute Gasteiger partial charge is 0.307 e. The lowest BCUT2D eigenvalue weighted by Crippen LogP contribution is -2.12. The first-order chi connectivity index (χ1) is 7.66. The molecule has 0 fully saturated rings. The first-order valence-corrected chi connectivity index (χ1v) is 5.53. The molecular weight excluding hydrogens is 270 g/mol. The number of nitrogens with one attached hydrogen (secondary N) is 2. The Bertz CT molecular complexity index is 508. The second-order valence-corrected chi connectivity index (χ2v) is 4.24. The van der Waals surface area contributed by atoms with Gasteiger partial charge in [-0.15, -0.1) is 0 Å². The normalized spacial score (nSPS) is 10.1. The molecule has 0 aliphatic carbocycles. The molecule has 2 rings (SSSR count). The van der Waals surface area contributed by atoms with Gasteiger partial charge in [0.05, 0.1) is 6.20 Å². The Kier molecular flexibility index (Phi) is 3.05. The molecule has 4 nitrogen and oxygen atoms in total. The number of rotatable bonds is 2. The lowest BCUT2D eigenvalue weighted by atomic mass is 10.1. The maximum atomic E-state index is 11.8. The Morgan fingerprint density at radius 2 is 2.25 bits per heavy atom. The number of nitrogens with zero attached hydrogens (tertiary/aromatic N) is 1. The van der Waals surface area contributed by atoms with Crippen molar-refractivity contribution in [1.82, 2.24) is 10.2 Å². The number of halogens is 1. The van der Waals surface area contributed by atoms with Gasteiger partial charge in [-0.2, -0.15) is 5.10 Å². The summed E-state index contributed by atoms with van der Waals surface area (Å²) in [6.45, 7) is 1.94. The summed E-state index contributed by atoms with van der Waals surface area (Å²) in [5.41, 5.74) is 1.65. The van der Waals surface area contributed by atoms with Crippen LogP contribution in [0, 0.1) is 6.92 Å². The number of benzene rings is 1. The number of aryl methyl sites for hydroxylation is 1. The molecule has 1 amide bonds. The van der Waals surface area contributed by atoms with Gasteiger partial charge in [0.1, 0.15) is 5.82 Å². The summed E-state index contributed by atoms with van der Waals surface area (Å²) in [7, 11) is 0. The van der Waals surface area contributed by atoms with E-state index in [0.29, 0.717) is 11.4 Å². The topological polar surface area (TPSA) is 57.8 Å². The van der Waals surface area contributed by atoms with Crippen molar-refractivity contribution in [2.75, 3.05) is 5.32 Å². The number of amides is 1. The van der Waals surface area contributed by atoms with E-state index in [9.17, 15) is 4.79 Å². The van der Waals surface area contributed by atoms with Crippen LogP contribution in [0.15, 0.2) is 34.9 Å². The summed E-state index contributed by atoms with van der Waals surface area (Å²) >= 11 is 3.39. The predicted molar refractivity (Wildman–Crippen MR) is 65.4 cm³/mol. The zero-order valence-corrected chi connectivity index (χ0v) is 10.2. The highest BCUT2D eigenvalue weighted by molar-refractivity contribution is 9.10. The van der Waals surface area contributed by atoms with Crippen LogP contribution < -0.4 is 5.32 Å².